The van der Waals surface area contributed by atoms with Gasteiger partial charge in [-0.3, -0.25) is 10.1 Å². The summed E-state index contributed by atoms with van der Waals surface area (Å²) in [5.74, 6) is 0. The molecule has 0 aliphatic carbocycles. The number of halogens is 1. The number of hydrogen-bond acceptors (Lipinski definition) is 4. The Morgan fingerprint density at radius 3 is 2.20 bits per heavy atom. The first-order chi connectivity index (χ1) is 6.88. The van der Waals surface area contributed by atoms with Gasteiger partial charge < -0.3 is 0 Å². The van der Waals surface area contributed by atoms with E-state index in [1.165, 1.54) is 30.3 Å². The molecule has 0 radical (unpaired) electrons. The van der Waals surface area contributed by atoms with Crippen LogP contribution in [-0.2, 0) is 9.05 Å². The summed E-state index contributed by atoms with van der Waals surface area (Å²) in [7, 11) is 1.25. The van der Waals surface area contributed by atoms with Gasteiger partial charge in [-0.2, -0.15) is 0 Å². The van der Waals surface area contributed by atoms with E-state index >= 15 is 0 Å². The van der Waals surface area contributed by atoms with Crippen LogP contribution in [0.2, 0.25) is 0 Å². The molecule has 1 aromatic carbocycles. The third kappa shape index (κ3) is 4.09. The lowest BCUT2D eigenvalue weighted by molar-refractivity contribution is -0.384. The van der Waals surface area contributed by atoms with Gasteiger partial charge in [-0.1, -0.05) is 0 Å². The van der Waals surface area contributed by atoms with Crippen molar-refractivity contribution in [2.24, 2.45) is 0 Å². The molecule has 15 heavy (non-hydrogen) atoms. The molecule has 0 saturated heterocycles. The maximum atomic E-state index is 10.6. The fraction of sp³-hybridized carbons (Fsp3) is 0. The minimum absolute atomic E-state index is 0.0547. The van der Waals surface area contributed by atoms with Gasteiger partial charge in [0.25, 0.3) is 14.7 Å². The van der Waals surface area contributed by atoms with Gasteiger partial charge >= 0.3 is 0 Å². The predicted molar refractivity (Wildman–Crippen MR) is 56.9 cm³/mol. The molecule has 0 atom stereocenters. The maximum Gasteiger partial charge on any atom is 0.269 e. The van der Waals surface area contributed by atoms with Gasteiger partial charge in [0.15, 0.2) is 0 Å². The SMILES string of the molecule is O=[N+]([O-])c1ccc(C=CS(=O)(=O)Cl)cc1. The van der Waals surface area contributed by atoms with E-state index in [9.17, 15) is 18.5 Å². The molecule has 0 saturated carbocycles. The van der Waals surface area contributed by atoms with Gasteiger partial charge in [0, 0.05) is 28.2 Å². The first-order valence-electron chi connectivity index (χ1n) is 3.76. The second-order valence-corrected chi connectivity index (χ2v) is 5.14. The molecule has 0 N–H and O–H groups in total. The van der Waals surface area contributed by atoms with Crippen LogP contribution < -0.4 is 0 Å². The highest BCUT2D eigenvalue weighted by atomic mass is 35.7. The van der Waals surface area contributed by atoms with Crippen LogP contribution >= 0.6 is 10.7 Å². The first-order valence-corrected chi connectivity index (χ1v) is 6.13. The van der Waals surface area contributed by atoms with E-state index in [0.717, 1.165) is 5.41 Å². The summed E-state index contributed by atoms with van der Waals surface area (Å²) in [6.45, 7) is 0. The minimum atomic E-state index is -3.69. The van der Waals surface area contributed by atoms with Gasteiger partial charge in [0.1, 0.15) is 0 Å². The number of nitro benzene ring substituents is 1. The molecular weight excluding hydrogens is 242 g/mol. The van der Waals surface area contributed by atoms with E-state index in [2.05, 4.69) is 0 Å². The van der Waals surface area contributed by atoms with Crippen LogP contribution in [0.4, 0.5) is 5.69 Å². The Kier molecular flexibility index (Phi) is 3.43. The lowest BCUT2D eigenvalue weighted by Crippen LogP contribution is -1.86. The zero-order valence-corrected chi connectivity index (χ0v) is 8.90. The summed E-state index contributed by atoms with van der Waals surface area (Å²) in [4.78, 5) is 9.76. The molecule has 0 bridgehead atoms. The first kappa shape index (κ1) is 11.7. The highest BCUT2D eigenvalue weighted by Gasteiger charge is 2.03. The zero-order valence-electron chi connectivity index (χ0n) is 7.33. The number of benzene rings is 1. The van der Waals surface area contributed by atoms with E-state index in [4.69, 9.17) is 10.7 Å². The molecule has 0 amide bonds. The summed E-state index contributed by atoms with van der Waals surface area (Å²) in [5.41, 5.74) is 0.464. The van der Waals surface area contributed by atoms with E-state index in [1.54, 1.807) is 0 Å². The van der Waals surface area contributed by atoms with Crippen molar-refractivity contribution < 1.29 is 13.3 Å². The maximum absolute atomic E-state index is 10.6. The molecular formula is C8H6ClNO4S. The van der Waals surface area contributed by atoms with Crippen molar-refractivity contribution in [2.75, 3.05) is 0 Å². The monoisotopic (exact) mass is 247 g/mol. The molecule has 80 valence electrons. The third-order valence-corrected chi connectivity index (χ3v) is 2.30. The lowest BCUT2D eigenvalue weighted by Gasteiger charge is -1.92. The topological polar surface area (TPSA) is 77.3 Å². The molecule has 0 spiro atoms. The highest BCUT2D eigenvalue weighted by molar-refractivity contribution is 8.16. The standard InChI is InChI=1S/C8H6ClNO4S/c9-15(13,14)6-5-7-1-3-8(4-2-7)10(11)12/h1-6H. The Hall–Kier alpha value is -1.40. The second kappa shape index (κ2) is 4.41. The van der Waals surface area contributed by atoms with Crippen LogP contribution in [0, 0.1) is 10.1 Å². The molecule has 7 heteroatoms. The van der Waals surface area contributed by atoms with Crippen molar-refractivity contribution >= 4 is 31.5 Å². The average molecular weight is 248 g/mol. The minimum Gasteiger partial charge on any atom is -0.258 e. The van der Waals surface area contributed by atoms with Crippen molar-refractivity contribution in [3.05, 3.63) is 45.4 Å². The van der Waals surface area contributed by atoms with E-state index in [0.29, 0.717) is 5.56 Å². The van der Waals surface area contributed by atoms with Gasteiger partial charge in [0.05, 0.1) is 4.92 Å². The summed E-state index contributed by atoms with van der Waals surface area (Å²) >= 11 is 0. The molecule has 5 nitrogen and oxygen atoms in total. The number of nitro groups is 1. The smallest absolute Gasteiger partial charge is 0.258 e. The van der Waals surface area contributed by atoms with Crippen molar-refractivity contribution in [2.45, 2.75) is 0 Å². The number of hydrogen-bond donors (Lipinski definition) is 0. The van der Waals surface area contributed by atoms with Crippen LogP contribution in [0.1, 0.15) is 5.56 Å². The molecule has 0 unspecified atom stereocenters. The summed E-state index contributed by atoms with van der Waals surface area (Å²) in [6, 6.07) is 5.41. The number of non-ortho nitro benzene ring substituents is 1. The fourth-order valence-corrected chi connectivity index (χ4v) is 1.34. The molecule has 0 heterocycles. The Labute approximate surface area is 90.6 Å². The van der Waals surface area contributed by atoms with Crippen molar-refractivity contribution in [1.82, 2.24) is 0 Å². The van der Waals surface area contributed by atoms with Crippen LogP contribution in [0.5, 0.6) is 0 Å². The fourth-order valence-electron chi connectivity index (χ4n) is 0.867. The highest BCUT2D eigenvalue weighted by Crippen LogP contribution is 2.13. The molecule has 0 aromatic heterocycles. The van der Waals surface area contributed by atoms with Crippen molar-refractivity contribution in [3.63, 3.8) is 0 Å². The third-order valence-electron chi connectivity index (χ3n) is 1.53. The van der Waals surface area contributed by atoms with Crippen LogP contribution in [0.25, 0.3) is 6.08 Å². The quantitative estimate of drug-likeness (QED) is 0.466. The normalized spacial score (nSPS) is 11.8. The van der Waals surface area contributed by atoms with Crippen molar-refractivity contribution in [3.8, 4) is 0 Å². The predicted octanol–water partition coefficient (Wildman–Crippen LogP) is 2.13. The molecule has 0 aliphatic rings. The van der Waals surface area contributed by atoms with E-state index in [-0.39, 0.29) is 5.69 Å². The van der Waals surface area contributed by atoms with Gasteiger partial charge in [-0.05, 0) is 23.8 Å². The lowest BCUT2D eigenvalue weighted by atomic mass is 10.2. The Bertz CT molecular complexity index is 492. The van der Waals surface area contributed by atoms with Crippen LogP contribution in [0.15, 0.2) is 29.7 Å². The van der Waals surface area contributed by atoms with Crippen LogP contribution in [0.3, 0.4) is 0 Å². The summed E-state index contributed by atoms with van der Waals surface area (Å²) in [6.07, 6.45) is 1.26. The zero-order chi connectivity index (χ0) is 11.5. The van der Waals surface area contributed by atoms with Gasteiger partial charge in [-0.15, -0.1) is 0 Å². The molecule has 1 rings (SSSR count). The molecule has 0 fully saturated rings. The summed E-state index contributed by atoms with van der Waals surface area (Å²) in [5, 5.41) is 11.1. The Balaban J connectivity index is 2.91. The number of nitrogens with zero attached hydrogens (tertiary/aromatic N) is 1. The Morgan fingerprint density at radius 2 is 1.80 bits per heavy atom. The van der Waals surface area contributed by atoms with E-state index in [1.807, 2.05) is 0 Å². The molecule has 1 aromatic rings. The Morgan fingerprint density at radius 1 is 1.27 bits per heavy atom. The summed E-state index contributed by atoms with van der Waals surface area (Å²) < 4.78 is 21.1. The van der Waals surface area contributed by atoms with Crippen molar-refractivity contribution in [1.29, 1.82) is 0 Å². The van der Waals surface area contributed by atoms with Crippen LogP contribution in [-0.4, -0.2) is 13.3 Å². The van der Waals surface area contributed by atoms with Gasteiger partial charge in [-0.25, -0.2) is 8.42 Å². The largest absolute Gasteiger partial charge is 0.269 e. The van der Waals surface area contributed by atoms with E-state index < -0.39 is 14.0 Å². The molecule has 0 aliphatic heterocycles. The number of rotatable bonds is 3. The second-order valence-electron chi connectivity index (χ2n) is 2.63. The van der Waals surface area contributed by atoms with Gasteiger partial charge in [0.2, 0.25) is 0 Å². The average Bonchev–Trinajstić information content (AvgIpc) is 2.14.